The minimum Gasteiger partial charge on any atom is -0.754 e. The van der Waals surface area contributed by atoms with Gasteiger partial charge in [0.25, 0.3) is 0 Å². The van der Waals surface area contributed by atoms with E-state index in [9.17, 15) is 8.76 Å². The van der Waals surface area contributed by atoms with Gasteiger partial charge in [0.2, 0.25) is 0 Å². The molecule has 0 aromatic heterocycles. The van der Waals surface area contributed by atoms with Gasteiger partial charge in [-0.15, -0.1) is 0 Å². The third-order valence-electron chi connectivity index (χ3n) is 1.45. The molecule has 1 unspecified atom stereocenters. The van der Waals surface area contributed by atoms with Crippen LogP contribution in [0.4, 0.5) is 5.69 Å². The molecule has 0 heterocycles. The third kappa shape index (κ3) is 2.04. The van der Waals surface area contributed by atoms with Crippen LogP contribution < -0.4 is 10.3 Å². The maximum absolute atomic E-state index is 10.4. The van der Waals surface area contributed by atoms with Crippen LogP contribution in [0.2, 0.25) is 0 Å². The van der Waals surface area contributed by atoms with E-state index in [2.05, 4.69) is 0 Å². The smallest absolute Gasteiger partial charge is 0.0659 e. The van der Waals surface area contributed by atoms with Crippen LogP contribution >= 0.6 is 0 Å². The first-order valence-electron chi connectivity index (χ1n) is 3.32. The summed E-state index contributed by atoms with van der Waals surface area (Å²) in [5.41, 5.74) is 1.51. The maximum Gasteiger partial charge on any atom is 0.0659 e. The van der Waals surface area contributed by atoms with Crippen molar-refractivity contribution in [2.75, 3.05) is 4.41 Å². The molecule has 0 aliphatic heterocycles. The van der Waals surface area contributed by atoms with Crippen molar-refractivity contribution in [2.24, 2.45) is 5.84 Å². The number of nitrogens with zero attached hydrogens (tertiary/aromatic N) is 1. The molecule has 0 saturated carbocycles. The van der Waals surface area contributed by atoms with E-state index in [1.807, 2.05) is 6.92 Å². The maximum atomic E-state index is 10.4. The molecule has 2 N–H and O–H groups in total. The van der Waals surface area contributed by atoms with Crippen molar-refractivity contribution in [1.29, 1.82) is 0 Å². The molecule has 1 aromatic carbocycles. The van der Waals surface area contributed by atoms with E-state index in [0.29, 0.717) is 10.1 Å². The topological polar surface area (TPSA) is 69.4 Å². The average molecular weight is 185 g/mol. The standard InChI is InChI=1S/C7H10N2O2S/c1-6-2-4-7(5-3-6)9(8)12(10)11/h2-5H,8H2,1H3,(H,10,11)/p-1. The molecule has 1 rings (SSSR count). The van der Waals surface area contributed by atoms with Crippen molar-refractivity contribution >= 4 is 17.0 Å². The van der Waals surface area contributed by atoms with Crippen LogP contribution in [0.5, 0.6) is 0 Å². The second kappa shape index (κ2) is 3.66. The van der Waals surface area contributed by atoms with E-state index in [4.69, 9.17) is 5.84 Å². The van der Waals surface area contributed by atoms with Crippen LogP contribution in [0.15, 0.2) is 24.3 Å². The van der Waals surface area contributed by atoms with Crippen molar-refractivity contribution in [3.63, 3.8) is 0 Å². The number of hydrazine groups is 1. The first kappa shape index (κ1) is 9.18. The summed E-state index contributed by atoms with van der Waals surface area (Å²) >= 11 is -2.41. The Morgan fingerprint density at radius 2 is 1.92 bits per heavy atom. The van der Waals surface area contributed by atoms with E-state index in [-0.39, 0.29) is 0 Å². The van der Waals surface area contributed by atoms with Crippen LogP contribution in [0, 0.1) is 6.92 Å². The van der Waals surface area contributed by atoms with E-state index < -0.39 is 11.3 Å². The lowest BCUT2D eigenvalue weighted by molar-refractivity contribution is 0.533. The molecule has 0 amide bonds. The lowest BCUT2D eigenvalue weighted by atomic mass is 10.2. The molecule has 0 radical (unpaired) electrons. The zero-order valence-corrected chi connectivity index (χ0v) is 7.38. The Hall–Kier alpha value is -0.910. The molecule has 0 fully saturated rings. The lowest BCUT2D eigenvalue weighted by Gasteiger charge is -2.20. The molecule has 66 valence electrons. The molecule has 1 aromatic rings. The van der Waals surface area contributed by atoms with Crippen LogP contribution in [-0.2, 0) is 11.3 Å². The van der Waals surface area contributed by atoms with Crippen LogP contribution in [0.25, 0.3) is 0 Å². The summed E-state index contributed by atoms with van der Waals surface area (Å²) in [5.74, 6) is 5.21. The first-order valence-corrected chi connectivity index (χ1v) is 4.35. The number of hydrogen-bond donors (Lipinski definition) is 1. The van der Waals surface area contributed by atoms with Crippen molar-refractivity contribution in [3.8, 4) is 0 Å². The molecular weight excluding hydrogens is 176 g/mol. The second-order valence-electron chi connectivity index (χ2n) is 2.38. The Morgan fingerprint density at radius 3 is 2.33 bits per heavy atom. The summed E-state index contributed by atoms with van der Waals surface area (Å²) in [5, 5.41) is 0. The van der Waals surface area contributed by atoms with Crippen molar-refractivity contribution in [3.05, 3.63) is 29.8 Å². The molecule has 0 spiro atoms. The second-order valence-corrected chi connectivity index (χ2v) is 3.21. The van der Waals surface area contributed by atoms with Gasteiger partial charge in [0.1, 0.15) is 0 Å². The number of anilines is 1. The molecule has 12 heavy (non-hydrogen) atoms. The lowest BCUT2D eigenvalue weighted by Crippen LogP contribution is -2.32. The zero-order chi connectivity index (χ0) is 9.14. The molecule has 4 nitrogen and oxygen atoms in total. The van der Waals surface area contributed by atoms with Crippen LogP contribution in [0.3, 0.4) is 0 Å². The first-order chi connectivity index (χ1) is 5.61. The molecule has 5 heteroatoms. The fourth-order valence-corrected chi connectivity index (χ4v) is 1.07. The van der Waals surface area contributed by atoms with Crippen LogP contribution in [-0.4, -0.2) is 8.76 Å². The summed E-state index contributed by atoms with van der Waals surface area (Å²) in [6, 6.07) is 6.88. The number of benzene rings is 1. The minimum atomic E-state index is -2.41. The predicted molar refractivity (Wildman–Crippen MR) is 46.8 cm³/mol. The minimum absolute atomic E-state index is 0.453. The SMILES string of the molecule is Cc1ccc(N(N)S(=O)[O-])cc1. The van der Waals surface area contributed by atoms with Gasteiger partial charge in [-0.05, 0) is 19.1 Å². The molecule has 0 saturated heterocycles. The van der Waals surface area contributed by atoms with Crippen molar-refractivity contribution < 1.29 is 8.76 Å². The summed E-state index contributed by atoms with van der Waals surface area (Å²) in [4.78, 5) is 0. The summed E-state index contributed by atoms with van der Waals surface area (Å²) < 4.78 is 21.5. The summed E-state index contributed by atoms with van der Waals surface area (Å²) in [7, 11) is 0. The highest BCUT2D eigenvalue weighted by Gasteiger charge is 1.99. The Balaban J connectivity index is 2.89. The molecule has 0 bridgehead atoms. The van der Waals surface area contributed by atoms with Gasteiger partial charge >= 0.3 is 0 Å². The third-order valence-corrected chi connectivity index (χ3v) is 1.98. The van der Waals surface area contributed by atoms with Crippen LogP contribution in [0.1, 0.15) is 5.56 Å². The molecular formula is C7H9N2O2S-. The Kier molecular flexibility index (Phi) is 2.80. The monoisotopic (exact) mass is 185 g/mol. The Bertz CT molecular complexity index is 286. The van der Waals surface area contributed by atoms with Gasteiger partial charge in [-0.1, -0.05) is 17.7 Å². The molecule has 0 aliphatic rings. The zero-order valence-electron chi connectivity index (χ0n) is 6.56. The quantitative estimate of drug-likeness (QED) is 0.413. The van der Waals surface area contributed by atoms with Gasteiger partial charge < -0.3 is 4.55 Å². The largest absolute Gasteiger partial charge is 0.754 e. The van der Waals surface area contributed by atoms with Gasteiger partial charge in [-0.2, -0.15) is 0 Å². The summed E-state index contributed by atoms with van der Waals surface area (Å²) in [6.45, 7) is 1.92. The number of nitrogens with two attached hydrogens (primary N) is 1. The van der Waals surface area contributed by atoms with Gasteiger partial charge in [-0.3, -0.25) is 4.21 Å². The van der Waals surface area contributed by atoms with Gasteiger partial charge in [0.15, 0.2) is 0 Å². The Labute approximate surface area is 73.4 Å². The Morgan fingerprint density at radius 1 is 1.42 bits per heavy atom. The highest BCUT2D eigenvalue weighted by molar-refractivity contribution is 7.80. The van der Waals surface area contributed by atoms with E-state index in [1.165, 1.54) is 0 Å². The number of aryl methyl sites for hydroxylation is 1. The van der Waals surface area contributed by atoms with Crippen molar-refractivity contribution in [1.82, 2.24) is 0 Å². The van der Waals surface area contributed by atoms with Gasteiger partial charge in [0.05, 0.1) is 17.0 Å². The number of rotatable bonds is 2. The average Bonchev–Trinajstić information content (AvgIpc) is 2.04. The predicted octanol–water partition coefficient (Wildman–Crippen LogP) is 0.469. The highest BCUT2D eigenvalue weighted by atomic mass is 32.2. The van der Waals surface area contributed by atoms with E-state index >= 15 is 0 Å². The van der Waals surface area contributed by atoms with E-state index in [1.54, 1.807) is 24.3 Å². The summed E-state index contributed by atoms with van der Waals surface area (Å²) in [6.07, 6.45) is 0. The van der Waals surface area contributed by atoms with Gasteiger partial charge in [-0.25, -0.2) is 10.3 Å². The van der Waals surface area contributed by atoms with Crippen molar-refractivity contribution in [2.45, 2.75) is 6.92 Å². The fraction of sp³-hybridized carbons (Fsp3) is 0.143. The molecule has 0 aliphatic carbocycles. The van der Waals surface area contributed by atoms with Gasteiger partial charge in [0, 0.05) is 0 Å². The molecule has 1 atom stereocenters. The number of hydrogen-bond acceptors (Lipinski definition) is 3. The normalized spacial score (nSPS) is 12.6. The highest BCUT2D eigenvalue weighted by Crippen LogP contribution is 2.12. The van der Waals surface area contributed by atoms with E-state index in [0.717, 1.165) is 5.56 Å². The fourth-order valence-electron chi connectivity index (χ4n) is 0.778.